The molecule has 26 heavy (non-hydrogen) atoms. The Hall–Kier alpha value is -1.61. The second-order valence-electron chi connectivity index (χ2n) is 6.14. The lowest BCUT2D eigenvalue weighted by atomic mass is 10.2. The molecule has 0 bridgehead atoms. The predicted octanol–water partition coefficient (Wildman–Crippen LogP) is 3.58. The first-order valence-corrected chi connectivity index (χ1v) is 9.97. The number of amides is 1. The van der Waals surface area contributed by atoms with Crippen LogP contribution in [0.3, 0.4) is 0 Å². The molecule has 0 unspecified atom stereocenters. The summed E-state index contributed by atoms with van der Waals surface area (Å²) in [5, 5.41) is 6.44. The van der Waals surface area contributed by atoms with Gasteiger partial charge < -0.3 is 9.84 Å². The molecule has 2 aromatic rings. The molecule has 0 fully saturated rings. The Labute approximate surface area is 162 Å². The van der Waals surface area contributed by atoms with Crippen LogP contribution >= 0.6 is 23.2 Å². The molecular formula is C16H19Cl2N3O4S. The number of carbonyl (C=O) groups excluding carboxylic acids is 1. The Morgan fingerprint density at radius 3 is 2.58 bits per heavy atom. The van der Waals surface area contributed by atoms with Gasteiger partial charge in [-0.3, -0.25) is 4.79 Å². The standard InChI is InChI=1S/C16H19Cl2N3O4S/c1-10(2)8-21(9-16(22)19-15-6-11(3)25-20-15)26(23,24)14-7-12(17)4-5-13(14)18/h4-7,10H,8-9H2,1-3H3,(H,19,20,22). The zero-order chi connectivity index (χ0) is 19.5. The highest BCUT2D eigenvalue weighted by molar-refractivity contribution is 7.89. The van der Waals surface area contributed by atoms with Crippen LogP contribution in [0.4, 0.5) is 5.82 Å². The van der Waals surface area contributed by atoms with Crippen LogP contribution < -0.4 is 5.32 Å². The molecule has 2 rings (SSSR count). The fraction of sp³-hybridized carbons (Fsp3) is 0.375. The van der Waals surface area contributed by atoms with Gasteiger partial charge >= 0.3 is 0 Å². The summed E-state index contributed by atoms with van der Waals surface area (Å²) in [5.41, 5.74) is 0. The summed E-state index contributed by atoms with van der Waals surface area (Å²) < 4.78 is 31.9. The van der Waals surface area contributed by atoms with Crippen molar-refractivity contribution in [1.82, 2.24) is 9.46 Å². The van der Waals surface area contributed by atoms with E-state index in [1.807, 2.05) is 13.8 Å². The highest BCUT2D eigenvalue weighted by Crippen LogP contribution is 2.28. The van der Waals surface area contributed by atoms with E-state index >= 15 is 0 Å². The Morgan fingerprint density at radius 2 is 2.00 bits per heavy atom. The van der Waals surface area contributed by atoms with Crippen molar-refractivity contribution in [3.63, 3.8) is 0 Å². The van der Waals surface area contributed by atoms with Gasteiger partial charge in [-0.1, -0.05) is 42.2 Å². The van der Waals surface area contributed by atoms with E-state index in [-0.39, 0.29) is 33.2 Å². The number of aromatic nitrogens is 1. The third kappa shape index (κ3) is 5.20. The monoisotopic (exact) mass is 419 g/mol. The van der Waals surface area contributed by atoms with Gasteiger partial charge in [-0.2, -0.15) is 4.31 Å². The largest absolute Gasteiger partial charge is 0.360 e. The minimum atomic E-state index is -4.02. The fourth-order valence-corrected chi connectivity index (χ4v) is 4.53. The summed E-state index contributed by atoms with van der Waals surface area (Å²) in [5.74, 6) is 0.193. The number of nitrogens with one attached hydrogen (secondary N) is 1. The lowest BCUT2D eigenvalue weighted by Gasteiger charge is -2.23. The summed E-state index contributed by atoms with van der Waals surface area (Å²) in [7, 11) is -4.02. The zero-order valence-corrected chi connectivity index (χ0v) is 16.8. The number of anilines is 1. The molecule has 1 N–H and O–H groups in total. The molecule has 0 saturated carbocycles. The van der Waals surface area contributed by atoms with Crippen LogP contribution in [0.2, 0.25) is 10.0 Å². The summed E-state index contributed by atoms with van der Waals surface area (Å²) in [6.45, 7) is 5.12. The quantitative estimate of drug-likeness (QED) is 0.739. The van der Waals surface area contributed by atoms with E-state index in [0.29, 0.717) is 5.76 Å². The van der Waals surface area contributed by atoms with Crippen LogP contribution in [0, 0.1) is 12.8 Å². The predicted molar refractivity (Wildman–Crippen MR) is 99.9 cm³/mol. The van der Waals surface area contributed by atoms with Gasteiger partial charge in [0.2, 0.25) is 15.9 Å². The molecule has 1 aromatic heterocycles. The molecule has 7 nitrogen and oxygen atoms in total. The van der Waals surface area contributed by atoms with E-state index in [4.69, 9.17) is 27.7 Å². The number of hydrogen-bond acceptors (Lipinski definition) is 5. The Morgan fingerprint density at radius 1 is 1.31 bits per heavy atom. The summed E-state index contributed by atoms with van der Waals surface area (Å²) in [4.78, 5) is 12.1. The number of carbonyl (C=O) groups is 1. The number of hydrogen-bond donors (Lipinski definition) is 1. The van der Waals surface area contributed by atoms with Crippen LogP contribution in [-0.4, -0.2) is 36.9 Å². The van der Waals surface area contributed by atoms with Crippen molar-refractivity contribution in [3.05, 3.63) is 40.1 Å². The van der Waals surface area contributed by atoms with Crippen LogP contribution in [0.25, 0.3) is 0 Å². The van der Waals surface area contributed by atoms with Crippen LogP contribution in [0.1, 0.15) is 19.6 Å². The minimum Gasteiger partial charge on any atom is -0.360 e. The summed E-state index contributed by atoms with van der Waals surface area (Å²) in [6.07, 6.45) is 0. The van der Waals surface area contributed by atoms with Gasteiger partial charge in [0.25, 0.3) is 0 Å². The molecule has 142 valence electrons. The molecule has 0 aliphatic heterocycles. The topological polar surface area (TPSA) is 92.5 Å². The number of sulfonamides is 1. The molecule has 1 aromatic carbocycles. The smallest absolute Gasteiger partial charge is 0.245 e. The molecule has 1 amide bonds. The second-order valence-corrected chi connectivity index (χ2v) is 8.89. The van der Waals surface area contributed by atoms with Gasteiger partial charge in [0.1, 0.15) is 10.7 Å². The fourth-order valence-electron chi connectivity index (χ4n) is 2.24. The normalized spacial score (nSPS) is 12.0. The van der Waals surface area contributed by atoms with Crippen molar-refractivity contribution in [2.45, 2.75) is 25.7 Å². The minimum absolute atomic E-state index is 0.00942. The first-order chi connectivity index (χ1) is 12.1. The van der Waals surface area contributed by atoms with Crippen molar-refractivity contribution in [2.24, 2.45) is 5.92 Å². The van der Waals surface area contributed by atoms with Crippen molar-refractivity contribution < 1.29 is 17.7 Å². The average molecular weight is 420 g/mol. The molecular weight excluding hydrogens is 401 g/mol. The lowest BCUT2D eigenvalue weighted by molar-refractivity contribution is -0.116. The molecule has 0 aliphatic rings. The molecule has 1 heterocycles. The highest BCUT2D eigenvalue weighted by atomic mass is 35.5. The number of benzene rings is 1. The Balaban J connectivity index is 2.28. The molecule has 10 heteroatoms. The Kier molecular flexibility index (Phi) is 6.68. The molecule has 0 aliphatic carbocycles. The first-order valence-electron chi connectivity index (χ1n) is 7.78. The number of halogens is 2. The molecule has 0 atom stereocenters. The van der Waals surface area contributed by atoms with Crippen LogP contribution in [-0.2, 0) is 14.8 Å². The third-order valence-electron chi connectivity index (χ3n) is 3.30. The molecule has 0 radical (unpaired) electrons. The highest BCUT2D eigenvalue weighted by Gasteiger charge is 2.29. The SMILES string of the molecule is Cc1cc(NC(=O)CN(CC(C)C)S(=O)(=O)c2cc(Cl)ccc2Cl)no1. The van der Waals surface area contributed by atoms with E-state index in [2.05, 4.69) is 10.5 Å². The van der Waals surface area contributed by atoms with Gasteiger partial charge in [0.05, 0.1) is 11.6 Å². The van der Waals surface area contributed by atoms with E-state index in [0.717, 1.165) is 4.31 Å². The maximum atomic E-state index is 13.0. The number of nitrogens with zero attached hydrogens (tertiary/aromatic N) is 2. The van der Waals surface area contributed by atoms with Crippen LogP contribution in [0.15, 0.2) is 33.7 Å². The van der Waals surface area contributed by atoms with E-state index < -0.39 is 22.5 Å². The van der Waals surface area contributed by atoms with Gasteiger partial charge in [-0.05, 0) is 31.0 Å². The van der Waals surface area contributed by atoms with E-state index in [9.17, 15) is 13.2 Å². The van der Waals surface area contributed by atoms with E-state index in [1.165, 1.54) is 24.3 Å². The molecule has 0 saturated heterocycles. The van der Waals surface area contributed by atoms with Crippen molar-refractivity contribution in [3.8, 4) is 0 Å². The number of aryl methyl sites for hydroxylation is 1. The van der Waals surface area contributed by atoms with Crippen LogP contribution in [0.5, 0.6) is 0 Å². The van der Waals surface area contributed by atoms with E-state index in [1.54, 1.807) is 6.92 Å². The number of rotatable bonds is 7. The first kappa shape index (κ1) is 20.7. The maximum absolute atomic E-state index is 13.0. The van der Waals surface area contributed by atoms with Crippen molar-refractivity contribution in [2.75, 3.05) is 18.4 Å². The van der Waals surface area contributed by atoms with Crippen molar-refractivity contribution >= 4 is 45.0 Å². The van der Waals surface area contributed by atoms with Crippen molar-refractivity contribution in [1.29, 1.82) is 0 Å². The van der Waals surface area contributed by atoms with Gasteiger partial charge in [0, 0.05) is 17.6 Å². The Bertz CT molecular complexity index is 897. The average Bonchev–Trinajstić information content (AvgIpc) is 2.93. The molecule has 0 spiro atoms. The van der Waals surface area contributed by atoms with Gasteiger partial charge in [0.15, 0.2) is 5.82 Å². The van der Waals surface area contributed by atoms with Gasteiger partial charge in [-0.15, -0.1) is 0 Å². The maximum Gasteiger partial charge on any atom is 0.245 e. The summed E-state index contributed by atoms with van der Waals surface area (Å²) >= 11 is 12.0. The van der Waals surface area contributed by atoms with Gasteiger partial charge in [-0.25, -0.2) is 8.42 Å². The third-order valence-corrected chi connectivity index (χ3v) is 5.82. The zero-order valence-electron chi connectivity index (χ0n) is 14.5. The lowest BCUT2D eigenvalue weighted by Crippen LogP contribution is -2.40. The summed E-state index contributed by atoms with van der Waals surface area (Å²) in [6, 6.07) is 5.70. The second kappa shape index (κ2) is 8.39.